The third kappa shape index (κ3) is 2.98. The van der Waals surface area contributed by atoms with Gasteiger partial charge in [-0.2, -0.15) is 0 Å². The summed E-state index contributed by atoms with van der Waals surface area (Å²) in [5, 5.41) is 17.4. The van der Waals surface area contributed by atoms with Crippen LogP contribution in [0.4, 0.5) is 5.69 Å². The lowest BCUT2D eigenvalue weighted by Crippen LogP contribution is -2.48. The van der Waals surface area contributed by atoms with Crippen LogP contribution in [-0.2, 0) is 0 Å². The SMILES string of the molecule is O=C(NC1CC2CCC(C1)N2)c1cc(Cl)ncc1[N+](=O)[O-]. The van der Waals surface area contributed by atoms with Gasteiger partial charge in [-0.25, -0.2) is 4.98 Å². The summed E-state index contributed by atoms with van der Waals surface area (Å²) in [4.78, 5) is 26.3. The van der Waals surface area contributed by atoms with E-state index >= 15 is 0 Å². The van der Waals surface area contributed by atoms with Crippen LogP contribution < -0.4 is 10.6 Å². The molecule has 8 heteroatoms. The number of amides is 1. The molecule has 3 heterocycles. The molecule has 0 radical (unpaired) electrons. The first-order valence-electron chi connectivity index (χ1n) is 6.90. The van der Waals surface area contributed by atoms with E-state index in [1.54, 1.807) is 0 Å². The molecule has 3 rings (SSSR count). The second-order valence-electron chi connectivity index (χ2n) is 5.56. The number of hydrogen-bond acceptors (Lipinski definition) is 5. The zero-order valence-electron chi connectivity index (χ0n) is 11.2. The average molecular weight is 311 g/mol. The predicted octanol–water partition coefficient (Wildman–Crippen LogP) is 1.66. The number of pyridine rings is 1. The Morgan fingerprint density at radius 1 is 1.43 bits per heavy atom. The average Bonchev–Trinajstić information content (AvgIpc) is 2.77. The van der Waals surface area contributed by atoms with E-state index in [4.69, 9.17) is 11.6 Å². The Kier molecular flexibility index (Phi) is 3.77. The highest BCUT2D eigenvalue weighted by Crippen LogP contribution is 2.27. The van der Waals surface area contributed by atoms with Gasteiger partial charge in [0.2, 0.25) is 0 Å². The fraction of sp³-hybridized carbons (Fsp3) is 0.538. The molecule has 2 N–H and O–H groups in total. The zero-order chi connectivity index (χ0) is 15.0. The first kappa shape index (κ1) is 14.2. The Hall–Kier alpha value is -1.73. The third-order valence-corrected chi connectivity index (χ3v) is 4.31. The van der Waals surface area contributed by atoms with Gasteiger partial charge in [-0.1, -0.05) is 11.6 Å². The number of nitrogens with zero attached hydrogens (tertiary/aromatic N) is 2. The summed E-state index contributed by atoms with van der Waals surface area (Å²) in [5.41, 5.74) is -0.361. The van der Waals surface area contributed by atoms with E-state index in [0.29, 0.717) is 12.1 Å². The lowest BCUT2D eigenvalue weighted by molar-refractivity contribution is -0.385. The minimum absolute atomic E-state index is 0.0362. The fourth-order valence-electron chi connectivity index (χ4n) is 3.19. The van der Waals surface area contributed by atoms with Crippen LogP contribution in [0.2, 0.25) is 5.15 Å². The van der Waals surface area contributed by atoms with Gasteiger partial charge in [-0.15, -0.1) is 0 Å². The van der Waals surface area contributed by atoms with Gasteiger partial charge in [0.1, 0.15) is 16.9 Å². The maximum absolute atomic E-state index is 12.3. The van der Waals surface area contributed by atoms with E-state index in [1.165, 1.54) is 6.07 Å². The minimum Gasteiger partial charge on any atom is -0.349 e. The normalized spacial score (nSPS) is 27.4. The number of halogens is 1. The van der Waals surface area contributed by atoms with Gasteiger partial charge in [-0.05, 0) is 31.7 Å². The van der Waals surface area contributed by atoms with Crippen LogP contribution in [0.3, 0.4) is 0 Å². The van der Waals surface area contributed by atoms with Crippen molar-refractivity contribution in [3.05, 3.63) is 33.1 Å². The van der Waals surface area contributed by atoms with E-state index in [1.807, 2.05) is 0 Å². The second kappa shape index (κ2) is 5.57. The summed E-state index contributed by atoms with van der Waals surface area (Å²) >= 11 is 5.74. The number of nitro groups is 1. The molecule has 0 aliphatic carbocycles. The molecule has 2 atom stereocenters. The quantitative estimate of drug-likeness (QED) is 0.502. The highest BCUT2D eigenvalue weighted by atomic mass is 35.5. The standard InChI is InChI=1S/C13H15ClN4O3/c14-12-5-10(11(6-15-12)18(20)21)13(19)17-9-3-7-1-2-8(4-9)16-7/h5-9,16H,1-4H2,(H,17,19). The first-order chi connectivity index (χ1) is 10.0. The number of carbonyl (C=O) groups excluding carboxylic acids is 1. The molecule has 2 saturated heterocycles. The van der Waals surface area contributed by atoms with Crippen molar-refractivity contribution >= 4 is 23.2 Å². The number of aromatic nitrogens is 1. The molecule has 0 aromatic carbocycles. The Morgan fingerprint density at radius 2 is 2.10 bits per heavy atom. The topological polar surface area (TPSA) is 97.2 Å². The molecular weight excluding hydrogens is 296 g/mol. The Bertz CT molecular complexity index is 583. The number of hydrogen-bond donors (Lipinski definition) is 2. The number of nitrogens with one attached hydrogen (secondary N) is 2. The molecule has 2 bridgehead atoms. The fourth-order valence-corrected chi connectivity index (χ4v) is 3.35. The number of rotatable bonds is 3. The van der Waals surface area contributed by atoms with Crippen LogP contribution in [-0.4, -0.2) is 33.9 Å². The van der Waals surface area contributed by atoms with Crippen molar-refractivity contribution in [1.29, 1.82) is 0 Å². The molecule has 0 saturated carbocycles. The van der Waals surface area contributed by atoms with Gasteiger partial charge < -0.3 is 10.6 Å². The summed E-state index contributed by atoms with van der Waals surface area (Å²) in [5.74, 6) is -0.461. The van der Waals surface area contributed by atoms with Crippen LogP contribution in [0.15, 0.2) is 12.3 Å². The van der Waals surface area contributed by atoms with Crippen molar-refractivity contribution in [2.75, 3.05) is 0 Å². The van der Waals surface area contributed by atoms with E-state index < -0.39 is 10.8 Å². The second-order valence-corrected chi connectivity index (χ2v) is 5.95. The van der Waals surface area contributed by atoms with Crippen molar-refractivity contribution in [2.45, 2.75) is 43.8 Å². The molecule has 7 nitrogen and oxygen atoms in total. The lowest BCUT2D eigenvalue weighted by atomic mass is 9.99. The van der Waals surface area contributed by atoms with E-state index in [-0.39, 0.29) is 22.4 Å². The number of fused-ring (bicyclic) bond motifs is 2. The highest BCUT2D eigenvalue weighted by molar-refractivity contribution is 6.29. The minimum atomic E-state index is -0.621. The Labute approximate surface area is 126 Å². The summed E-state index contributed by atoms with van der Waals surface area (Å²) in [7, 11) is 0. The summed E-state index contributed by atoms with van der Waals surface area (Å²) in [6, 6.07) is 2.16. The van der Waals surface area contributed by atoms with Crippen LogP contribution >= 0.6 is 11.6 Å². The van der Waals surface area contributed by atoms with Crippen LogP contribution in [0, 0.1) is 10.1 Å². The molecule has 2 fully saturated rings. The van der Waals surface area contributed by atoms with Crippen LogP contribution in [0.1, 0.15) is 36.0 Å². The maximum Gasteiger partial charge on any atom is 0.300 e. The summed E-state index contributed by atoms with van der Waals surface area (Å²) in [6.45, 7) is 0. The largest absolute Gasteiger partial charge is 0.349 e. The van der Waals surface area contributed by atoms with Gasteiger partial charge in [0, 0.05) is 18.1 Å². The van der Waals surface area contributed by atoms with Crippen LogP contribution in [0.25, 0.3) is 0 Å². The Balaban J connectivity index is 1.76. The van der Waals surface area contributed by atoms with E-state index in [9.17, 15) is 14.9 Å². The van der Waals surface area contributed by atoms with Crippen molar-refractivity contribution < 1.29 is 9.72 Å². The van der Waals surface area contributed by atoms with Gasteiger partial charge in [0.25, 0.3) is 11.6 Å². The first-order valence-corrected chi connectivity index (χ1v) is 7.27. The van der Waals surface area contributed by atoms with Gasteiger partial charge in [-0.3, -0.25) is 14.9 Å². The molecule has 1 aromatic rings. The molecule has 112 valence electrons. The van der Waals surface area contributed by atoms with Crippen LogP contribution in [0.5, 0.6) is 0 Å². The maximum atomic E-state index is 12.3. The summed E-state index contributed by atoms with van der Waals surface area (Å²) in [6.07, 6.45) is 4.98. The third-order valence-electron chi connectivity index (χ3n) is 4.10. The van der Waals surface area contributed by atoms with E-state index in [0.717, 1.165) is 31.9 Å². The Morgan fingerprint density at radius 3 is 2.71 bits per heavy atom. The number of piperidine rings is 1. The monoisotopic (exact) mass is 310 g/mol. The van der Waals surface area contributed by atoms with Gasteiger partial charge in [0.15, 0.2) is 0 Å². The van der Waals surface area contributed by atoms with E-state index in [2.05, 4.69) is 15.6 Å². The molecule has 21 heavy (non-hydrogen) atoms. The highest BCUT2D eigenvalue weighted by Gasteiger charge is 2.34. The summed E-state index contributed by atoms with van der Waals surface area (Å²) < 4.78 is 0. The smallest absolute Gasteiger partial charge is 0.300 e. The molecule has 2 aliphatic heterocycles. The van der Waals surface area contributed by atoms with Crippen molar-refractivity contribution in [3.63, 3.8) is 0 Å². The predicted molar refractivity (Wildman–Crippen MR) is 76.3 cm³/mol. The van der Waals surface area contributed by atoms with Crippen molar-refractivity contribution in [3.8, 4) is 0 Å². The number of carbonyl (C=O) groups is 1. The molecular formula is C13H15ClN4O3. The van der Waals surface area contributed by atoms with Gasteiger partial charge in [0.05, 0.1) is 4.92 Å². The zero-order valence-corrected chi connectivity index (χ0v) is 12.0. The molecule has 1 amide bonds. The van der Waals surface area contributed by atoms with Crippen molar-refractivity contribution in [1.82, 2.24) is 15.6 Å². The van der Waals surface area contributed by atoms with Gasteiger partial charge >= 0.3 is 0 Å². The van der Waals surface area contributed by atoms with Crippen molar-refractivity contribution in [2.24, 2.45) is 0 Å². The molecule has 1 aromatic heterocycles. The molecule has 2 unspecified atom stereocenters. The lowest BCUT2D eigenvalue weighted by Gasteiger charge is -2.29. The molecule has 0 spiro atoms. The molecule has 2 aliphatic rings.